The molecule has 0 unspecified atom stereocenters. The first-order valence-corrected chi connectivity index (χ1v) is 20.1. The zero-order valence-corrected chi connectivity index (χ0v) is 37.9. The van der Waals surface area contributed by atoms with Gasteiger partial charge >= 0.3 is 16.1 Å². The summed E-state index contributed by atoms with van der Waals surface area (Å²) < 4.78 is 51.1. The summed E-state index contributed by atoms with van der Waals surface area (Å²) in [5, 5.41) is 2.71. The van der Waals surface area contributed by atoms with Gasteiger partial charge in [-0.05, 0) is 127 Å². The number of hydrogen-bond acceptors (Lipinski definition) is 8. The summed E-state index contributed by atoms with van der Waals surface area (Å²) in [5.74, 6) is 2.02. The third-order valence-electron chi connectivity index (χ3n) is 7.33. The summed E-state index contributed by atoms with van der Waals surface area (Å²) in [4.78, 5) is 27.3. The minimum Gasteiger partial charge on any atom is -0.497 e. The monoisotopic (exact) mass is 1020 g/mol. The molecule has 4 aromatic carbocycles. The average Bonchev–Trinajstić information content (AvgIpc) is 3.19. The number of nitrogens with two attached hydrogens (primary N) is 1. The van der Waals surface area contributed by atoms with Crippen molar-refractivity contribution < 1.29 is 42.1 Å². The quantitative estimate of drug-likeness (QED) is 0.127. The van der Waals surface area contributed by atoms with Crippen molar-refractivity contribution in [3.8, 4) is 23.0 Å². The molecule has 0 spiro atoms. The van der Waals surface area contributed by atoms with Gasteiger partial charge in [-0.3, -0.25) is 9.80 Å². The molecule has 3 amide bonds. The van der Waals surface area contributed by atoms with Crippen LogP contribution in [0.4, 0.5) is 29.7 Å². The molecule has 3 N–H and O–H groups in total. The second-order valence-corrected chi connectivity index (χ2v) is 15.6. The predicted octanol–water partition coefficient (Wildman–Crippen LogP) is 10.8. The molecule has 0 saturated heterocycles. The van der Waals surface area contributed by atoms with Crippen LogP contribution in [0.5, 0.6) is 23.0 Å². The first-order valence-electron chi connectivity index (χ1n) is 16.3. The molecule has 0 aliphatic heterocycles. The van der Waals surface area contributed by atoms with Crippen LogP contribution in [0.25, 0.3) is 0 Å². The van der Waals surface area contributed by atoms with E-state index in [1.54, 1.807) is 61.7 Å². The molecule has 0 fully saturated rings. The Hall–Kier alpha value is -3.15. The van der Waals surface area contributed by atoms with Crippen molar-refractivity contribution in [2.45, 2.75) is 17.1 Å². The maximum atomic E-state index is 13.9. The Morgan fingerprint density at radius 3 is 1.60 bits per heavy atom. The van der Waals surface area contributed by atoms with Crippen LogP contribution in [-0.4, -0.2) is 69.4 Å². The van der Waals surface area contributed by atoms with E-state index in [2.05, 4.69) is 41.9 Å². The van der Waals surface area contributed by atoms with Gasteiger partial charge in [-0.2, -0.15) is 0 Å². The van der Waals surface area contributed by atoms with E-state index >= 15 is 0 Å². The maximum absolute atomic E-state index is 13.9. The minimum absolute atomic E-state index is 0.0221. The van der Waals surface area contributed by atoms with Gasteiger partial charge in [0, 0.05) is 66.9 Å². The van der Waals surface area contributed by atoms with Crippen LogP contribution in [0.15, 0.2) is 81.7 Å². The van der Waals surface area contributed by atoms with Crippen molar-refractivity contribution in [2.24, 2.45) is 5.73 Å². The van der Waals surface area contributed by atoms with Crippen molar-refractivity contribution in [3.05, 3.63) is 105 Å². The molecule has 0 aliphatic carbocycles. The second kappa shape index (κ2) is 25.4. The summed E-state index contributed by atoms with van der Waals surface area (Å²) in [6.07, 6.45) is -0.824. The summed E-state index contributed by atoms with van der Waals surface area (Å²) in [5.41, 5.74) is 7.21. The number of benzene rings is 4. The fraction of sp³-hybridized carbons (Fsp3) is 0.297. The highest BCUT2D eigenvalue weighted by atomic mass is 79.9. The molecule has 0 aliphatic rings. The molecular weight excluding hydrogens is 987 g/mol. The first kappa shape index (κ1) is 50.0. The van der Waals surface area contributed by atoms with E-state index < -0.39 is 21.9 Å². The number of halogens is 9. The number of carbonyl (C=O) groups excluding carboxylic acids is 2. The average molecular weight is 1030 g/mol. The summed E-state index contributed by atoms with van der Waals surface area (Å²) in [6.45, 7) is 0.696. The summed E-state index contributed by atoms with van der Waals surface area (Å²) in [6, 6.07) is 18.8. The van der Waals surface area contributed by atoms with Crippen LogP contribution in [0.1, 0.15) is 11.1 Å². The van der Waals surface area contributed by atoms with Gasteiger partial charge in [-0.15, -0.1) is 23.2 Å². The Morgan fingerprint density at radius 1 is 0.702 bits per heavy atom. The third kappa shape index (κ3) is 16.6. The number of nitrogens with one attached hydrogen (secondary N) is 1. The number of amides is 3. The van der Waals surface area contributed by atoms with Crippen LogP contribution in [0, 0.1) is 11.6 Å². The van der Waals surface area contributed by atoms with Crippen molar-refractivity contribution in [3.63, 3.8) is 0 Å². The second-order valence-electron chi connectivity index (χ2n) is 10.9. The number of carbonyl (C=O) groups is 2. The van der Waals surface area contributed by atoms with E-state index in [4.69, 9.17) is 82.7 Å². The molecule has 0 heterocycles. The van der Waals surface area contributed by atoms with Gasteiger partial charge in [0.2, 0.25) is 0 Å². The van der Waals surface area contributed by atoms with Crippen molar-refractivity contribution in [1.29, 1.82) is 0 Å². The number of rotatable bonds is 13. The molecule has 57 heavy (non-hydrogen) atoms. The van der Waals surface area contributed by atoms with Gasteiger partial charge in [0.25, 0.3) is 0 Å². The van der Waals surface area contributed by atoms with E-state index in [1.165, 1.54) is 49.3 Å². The van der Waals surface area contributed by atoms with E-state index in [-0.39, 0.29) is 37.2 Å². The van der Waals surface area contributed by atoms with Gasteiger partial charge in [-0.25, -0.2) is 18.4 Å². The Bertz CT molecular complexity index is 1920. The lowest BCUT2D eigenvalue weighted by Gasteiger charge is -2.24. The van der Waals surface area contributed by atoms with E-state index in [1.807, 2.05) is 0 Å². The van der Waals surface area contributed by atoms with Gasteiger partial charge in [0.15, 0.2) is 0 Å². The molecule has 20 heteroatoms. The normalized spacial score (nSPS) is 10.5. The number of nitrogens with zero attached hydrogens (tertiary/aromatic N) is 2. The Morgan fingerprint density at radius 2 is 1.16 bits per heavy atom. The molecule has 4 rings (SSSR count). The van der Waals surface area contributed by atoms with Crippen LogP contribution in [0.2, 0.25) is 0 Å². The molecule has 0 aromatic heterocycles. The number of methoxy groups -OCH3 is 4. The molecule has 4 aromatic rings. The van der Waals surface area contributed by atoms with Gasteiger partial charge in [0.1, 0.15) is 34.6 Å². The minimum atomic E-state index is -2.14. The van der Waals surface area contributed by atoms with Gasteiger partial charge in [0.05, 0.1) is 43.1 Å². The highest BCUT2D eigenvalue weighted by Crippen LogP contribution is 2.33. The molecular formula is C37H39Br2Cl5F2N4O7. The Balaban J connectivity index is 0.000000319. The molecule has 11 nitrogen and oxygen atoms in total. The predicted molar refractivity (Wildman–Crippen MR) is 230 cm³/mol. The summed E-state index contributed by atoms with van der Waals surface area (Å²) >= 11 is 34.5. The first-order chi connectivity index (χ1) is 27.0. The fourth-order valence-electron chi connectivity index (χ4n) is 4.54. The molecule has 0 saturated carbocycles. The van der Waals surface area contributed by atoms with E-state index in [0.29, 0.717) is 52.0 Å². The third-order valence-corrected chi connectivity index (χ3v) is 9.21. The van der Waals surface area contributed by atoms with Crippen LogP contribution in [0.3, 0.4) is 0 Å². The Kier molecular flexibility index (Phi) is 22.2. The number of alkyl halides is 5. The number of anilines is 2. The zero-order valence-electron chi connectivity index (χ0n) is 30.9. The zero-order chi connectivity index (χ0) is 42.7. The number of hydrogen-bond donors (Lipinski definition) is 2. The van der Waals surface area contributed by atoms with E-state index in [9.17, 15) is 18.4 Å². The molecule has 312 valence electrons. The van der Waals surface area contributed by atoms with Crippen molar-refractivity contribution in [1.82, 2.24) is 5.32 Å². The lowest BCUT2D eigenvalue weighted by atomic mass is 10.2. The topological polar surface area (TPSA) is 125 Å². The number of ether oxygens (including phenoxy) is 5. The molecule has 0 atom stereocenters. The number of urea groups is 1. The van der Waals surface area contributed by atoms with Crippen LogP contribution >= 0.6 is 89.9 Å². The lowest BCUT2D eigenvalue weighted by Crippen LogP contribution is -2.41. The van der Waals surface area contributed by atoms with Crippen molar-refractivity contribution in [2.75, 3.05) is 63.1 Å². The van der Waals surface area contributed by atoms with Crippen LogP contribution < -0.4 is 39.8 Å². The fourth-order valence-corrected chi connectivity index (χ4v) is 5.90. The SMILES string of the molecule is COc1cc(N(CCCl)C(=O)OC(Cl)(Cl)Cl)ccc1Br.COc1ccc(F)c(CN)c1.COc1ccc(F)c(CNC(=O)N(CCCl)c2ccc(Br)c(OC)c2)c1. The highest BCUT2D eigenvalue weighted by Gasteiger charge is 2.29. The molecule has 0 radical (unpaired) electrons. The highest BCUT2D eigenvalue weighted by molar-refractivity contribution is 9.10. The summed E-state index contributed by atoms with van der Waals surface area (Å²) in [7, 11) is 6.09. The van der Waals surface area contributed by atoms with Crippen molar-refractivity contribution >= 4 is 113 Å². The lowest BCUT2D eigenvalue weighted by molar-refractivity contribution is 0.152. The smallest absolute Gasteiger partial charge is 0.417 e. The maximum Gasteiger partial charge on any atom is 0.417 e. The van der Waals surface area contributed by atoms with Gasteiger partial charge in [-0.1, -0.05) is 0 Å². The standard InChI is InChI=1S/C18H19BrClFN2O3.C11H10BrCl4NO3.C8H10FNO/c1-25-14-4-6-16(21)12(9-14)11-22-18(24)23(8-7-20)13-3-5-15(19)17(10-13)26-2;1-19-9-6-7(2-3-8(9)12)17(5-4-13)10(18)20-11(14,15)16;1-11-7-2-3-8(9)6(4-7)5-10/h3-6,9-10H,7-8,11H2,1-2H3,(H,22,24);2-3,6H,4-5H2,1H3;2-4H,5,10H2,1H3. The largest absolute Gasteiger partial charge is 0.497 e. The molecule has 0 bridgehead atoms. The van der Waals surface area contributed by atoms with Gasteiger partial charge < -0.3 is 34.7 Å². The van der Waals surface area contributed by atoms with Crippen LogP contribution in [-0.2, 0) is 17.8 Å². The Labute approximate surface area is 371 Å². The van der Waals surface area contributed by atoms with E-state index in [0.717, 1.165) is 8.95 Å².